The van der Waals surface area contributed by atoms with Gasteiger partial charge < -0.3 is 9.57 Å². The molecule has 0 aliphatic carbocycles. The summed E-state index contributed by atoms with van der Waals surface area (Å²) in [6.45, 7) is 0.413. The zero-order valence-electron chi connectivity index (χ0n) is 13.6. The van der Waals surface area contributed by atoms with E-state index >= 15 is 0 Å². The van der Waals surface area contributed by atoms with Gasteiger partial charge in [0.1, 0.15) is 12.4 Å². The summed E-state index contributed by atoms with van der Waals surface area (Å²) in [5.74, 6) is 0.773. The highest BCUT2D eigenvalue weighted by molar-refractivity contribution is 5.83. The Bertz CT molecular complexity index is 813. The Morgan fingerprint density at radius 3 is 2.38 bits per heavy atom. The average molecular weight is 317 g/mol. The van der Waals surface area contributed by atoms with Crippen molar-refractivity contribution in [2.75, 3.05) is 7.11 Å². The van der Waals surface area contributed by atoms with E-state index in [4.69, 9.17) is 9.57 Å². The second-order valence-electron chi connectivity index (χ2n) is 5.27. The third kappa shape index (κ3) is 3.82. The van der Waals surface area contributed by atoms with E-state index in [-0.39, 0.29) is 0 Å². The molecule has 0 saturated heterocycles. The van der Waals surface area contributed by atoms with Crippen molar-refractivity contribution in [3.8, 4) is 16.9 Å². The molecule has 0 amide bonds. The van der Waals surface area contributed by atoms with E-state index in [0.29, 0.717) is 6.61 Å². The number of benzene rings is 3. The van der Waals surface area contributed by atoms with Crippen LogP contribution >= 0.6 is 0 Å². The Balaban J connectivity index is 1.71. The van der Waals surface area contributed by atoms with Crippen LogP contribution in [-0.2, 0) is 11.4 Å². The fourth-order valence-electron chi connectivity index (χ4n) is 2.52. The highest BCUT2D eigenvalue weighted by atomic mass is 16.6. The van der Waals surface area contributed by atoms with Gasteiger partial charge in [-0.2, -0.15) is 0 Å². The van der Waals surface area contributed by atoms with Crippen molar-refractivity contribution >= 4 is 6.21 Å². The molecular formula is C21H19NO2. The first-order valence-electron chi connectivity index (χ1n) is 7.80. The van der Waals surface area contributed by atoms with Crippen LogP contribution in [-0.4, -0.2) is 13.3 Å². The second-order valence-corrected chi connectivity index (χ2v) is 5.27. The predicted octanol–water partition coefficient (Wildman–Crippen LogP) is 4.91. The van der Waals surface area contributed by atoms with Crippen molar-refractivity contribution < 1.29 is 9.57 Å². The zero-order chi connectivity index (χ0) is 16.6. The maximum atomic E-state index is 5.50. The molecule has 0 aromatic heterocycles. The maximum absolute atomic E-state index is 5.50. The molecule has 0 saturated carbocycles. The Hall–Kier alpha value is -3.07. The molecule has 0 spiro atoms. The number of methoxy groups -OCH3 is 1. The van der Waals surface area contributed by atoms with Crippen LogP contribution < -0.4 is 4.74 Å². The van der Waals surface area contributed by atoms with Crippen LogP contribution in [0.4, 0.5) is 0 Å². The van der Waals surface area contributed by atoms with Gasteiger partial charge in [0, 0.05) is 5.56 Å². The largest absolute Gasteiger partial charge is 0.496 e. The molecule has 3 heteroatoms. The van der Waals surface area contributed by atoms with Crippen LogP contribution in [0.3, 0.4) is 0 Å². The summed E-state index contributed by atoms with van der Waals surface area (Å²) < 4.78 is 5.29. The number of para-hydroxylation sites is 1. The number of nitrogens with zero attached hydrogens (tertiary/aromatic N) is 1. The van der Waals surface area contributed by atoms with E-state index in [2.05, 4.69) is 29.4 Å². The van der Waals surface area contributed by atoms with Crippen molar-refractivity contribution in [3.63, 3.8) is 0 Å². The van der Waals surface area contributed by atoms with Crippen molar-refractivity contribution in [2.45, 2.75) is 6.61 Å². The number of ether oxygens (including phenoxy) is 1. The summed E-state index contributed by atoms with van der Waals surface area (Å²) in [6.07, 6.45) is 1.67. The minimum absolute atomic E-state index is 0.413. The van der Waals surface area contributed by atoms with Gasteiger partial charge in [-0.25, -0.2) is 0 Å². The van der Waals surface area contributed by atoms with Crippen LogP contribution in [0.5, 0.6) is 5.75 Å². The molecule has 0 fully saturated rings. The van der Waals surface area contributed by atoms with E-state index < -0.39 is 0 Å². The lowest BCUT2D eigenvalue weighted by Gasteiger charge is -2.08. The average Bonchev–Trinajstić information content (AvgIpc) is 2.66. The maximum Gasteiger partial charge on any atom is 0.142 e. The normalized spacial score (nSPS) is 10.7. The Morgan fingerprint density at radius 1 is 0.833 bits per heavy atom. The zero-order valence-corrected chi connectivity index (χ0v) is 13.6. The Morgan fingerprint density at radius 2 is 1.54 bits per heavy atom. The topological polar surface area (TPSA) is 30.8 Å². The van der Waals surface area contributed by atoms with Gasteiger partial charge in [-0.3, -0.25) is 0 Å². The van der Waals surface area contributed by atoms with Gasteiger partial charge in [0.25, 0.3) is 0 Å². The van der Waals surface area contributed by atoms with Gasteiger partial charge in [-0.15, -0.1) is 0 Å². The Labute approximate surface area is 142 Å². The molecule has 3 rings (SSSR count). The summed E-state index contributed by atoms with van der Waals surface area (Å²) in [5.41, 5.74) is 4.31. The van der Waals surface area contributed by atoms with Gasteiger partial charge in [0.15, 0.2) is 0 Å². The van der Waals surface area contributed by atoms with Crippen LogP contribution in [0.2, 0.25) is 0 Å². The molecule has 0 aliphatic rings. The minimum atomic E-state index is 0.413. The molecule has 3 aromatic carbocycles. The molecule has 0 bridgehead atoms. The summed E-state index contributed by atoms with van der Waals surface area (Å²) in [5, 5.41) is 4.08. The van der Waals surface area contributed by atoms with E-state index in [1.54, 1.807) is 13.3 Å². The summed E-state index contributed by atoms with van der Waals surface area (Å²) >= 11 is 0. The fourth-order valence-corrected chi connectivity index (χ4v) is 2.52. The molecule has 0 heterocycles. The molecule has 0 aliphatic heterocycles. The summed E-state index contributed by atoms with van der Waals surface area (Å²) in [4.78, 5) is 5.50. The van der Waals surface area contributed by atoms with Gasteiger partial charge >= 0.3 is 0 Å². The fraction of sp³-hybridized carbons (Fsp3) is 0.0952. The van der Waals surface area contributed by atoms with Gasteiger partial charge in [-0.05, 0) is 28.8 Å². The lowest BCUT2D eigenvalue weighted by Crippen LogP contribution is -1.93. The third-order valence-electron chi connectivity index (χ3n) is 3.73. The van der Waals surface area contributed by atoms with Gasteiger partial charge in [-0.1, -0.05) is 71.9 Å². The summed E-state index contributed by atoms with van der Waals surface area (Å²) in [7, 11) is 1.64. The van der Waals surface area contributed by atoms with Crippen LogP contribution in [0.1, 0.15) is 11.1 Å². The van der Waals surface area contributed by atoms with E-state index in [1.807, 2.05) is 54.6 Å². The van der Waals surface area contributed by atoms with Gasteiger partial charge in [0.2, 0.25) is 0 Å². The second kappa shape index (κ2) is 7.97. The SMILES string of the molecule is COc1ccccc1C=NOCc1ccccc1-c1ccccc1. The quantitative estimate of drug-likeness (QED) is 0.477. The number of hydrogen-bond acceptors (Lipinski definition) is 3. The molecule has 120 valence electrons. The van der Waals surface area contributed by atoms with E-state index in [9.17, 15) is 0 Å². The molecule has 0 N–H and O–H groups in total. The highest BCUT2D eigenvalue weighted by Gasteiger charge is 2.04. The van der Waals surface area contributed by atoms with Gasteiger partial charge in [0.05, 0.1) is 13.3 Å². The first-order chi connectivity index (χ1) is 11.9. The first kappa shape index (κ1) is 15.8. The molecule has 24 heavy (non-hydrogen) atoms. The summed E-state index contributed by atoms with van der Waals surface area (Å²) in [6, 6.07) is 26.2. The van der Waals surface area contributed by atoms with Crippen molar-refractivity contribution in [2.24, 2.45) is 5.16 Å². The Kier molecular flexibility index (Phi) is 5.25. The molecule has 0 radical (unpaired) electrons. The van der Waals surface area contributed by atoms with E-state index in [0.717, 1.165) is 22.4 Å². The van der Waals surface area contributed by atoms with Crippen molar-refractivity contribution in [3.05, 3.63) is 90.0 Å². The highest BCUT2D eigenvalue weighted by Crippen LogP contribution is 2.24. The molecule has 0 atom stereocenters. The lowest BCUT2D eigenvalue weighted by molar-refractivity contribution is 0.132. The predicted molar refractivity (Wildman–Crippen MR) is 97.3 cm³/mol. The van der Waals surface area contributed by atoms with Crippen LogP contribution in [0.15, 0.2) is 84.0 Å². The smallest absolute Gasteiger partial charge is 0.142 e. The van der Waals surface area contributed by atoms with E-state index in [1.165, 1.54) is 5.56 Å². The number of hydrogen-bond donors (Lipinski definition) is 0. The van der Waals surface area contributed by atoms with Crippen molar-refractivity contribution in [1.29, 1.82) is 0 Å². The molecular weight excluding hydrogens is 298 g/mol. The molecule has 3 nitrogen and oxygen atoms in total. The monoisotopic (exact) mass is 317 g/mol. The standard InChI is InChI=1S/C21H19NO2/c1-23-21-14-8-6-11-18(21)15-22-24-16-19-12-5-7-13-20(19)17-9-3-2-4-10-17/h2-15H,16H2,1H3. The van der Waals surface area contributed by atoms with Crippen molar-refractivity contribution in [1.82, 2.24) is 0 Å². The number of rotatable bonds is 6. The third-order valence-corrected chi connectivity index (χ3v) is 3.73. The minimum Gasteiger partial charge on any atom is -0.496 e. The molecule has 3 aromatic rings. The number of oxime groups is 1. The van der Waals surface area contributed by atoms with Crippen LogP contribution in [0.25, 0.3) is 11.1 Å². The lowest BCUT2D eigenvalue weighted by atomic mass is 10.0. The molecule has 0 unspecified atom stereocenters. The van der Waals surface area contributed by atoms with Crippen LogP contribution in [0, 0.1) is 0 Å². The first-order valence-corrected chi connectivity index (χ1v) is 7.80.